The zero-order chi connectivity index (χ0) is 14.8. The van der Waals surface area contributed by atoms with E-state index in [0.717, 1.165) is 18.4 Å². The summed E-state index contributed by atoms with van der Waals surface area (Å²) < 4.78 is 0. The van der Waals surface area contributed by atoms with Gasteiger partial charge in [0.05, 0.1) is 10.0 Å². The second-order valence-corrected chi connectivity index (χ2v) is 7.22. The first-order valence-corrected chi connectivity index (χ1v) is 8.46. The Morgan fingerprint density at radius 3 is 2.76 bits per heavy atom. The van der Waals surface area contributed by atoms with Crippen LogP contribution in [0.1, 0.15) is 11.1 Å². The van der Waals surface area contributed by atoms with Gasteiger partial charge in [-0.3, -0.25) is 11.3 Å². The molecule has 3 rings (SSSR count). The number of halogens is 2. The van der Waals surface area contributed by atoms with Crippen LogP contribution in [0.4, 0.5) is 0 Å². The summed E-state index contributed by atoms with van der Waals surface area (Å²) in [5.74, 6) is 5.78. The SMILES string of the molecule is NNC(Cc1cccc(Cl)c1Cl)C1Cc2ccccc2S1. The molecule has 1 aliphatic rings. The van der Waals surface area contributed by atoms with Crippen LogP contribution in [-0.4, -0.2) is 11.3 Å². The lowest BCUT2D eigenvalue weighted by Crippen LogP contribution is -2.44. The van der Waals surface area contributed by atoms with Crippen molar-refractivity contribution in [1.29, 1.82) is 0 Å². The Morgan fingerprint density at radius 2 is 2.00 bits per heavy atom. The smallest absolute Gasteiger partial charge is 0.0624 e. The Hall–Kier alpha value is -0.710. The van der Waals surface area contributed by atoms with Crippen molar-refractivity contribution in [2.75, 3.05) is 0 Å². The standard InChI is InChI=1S/C16H16Cl2N2S/c17-12-6-3-5-11(16(12)18)8-13(20-19)15-9-10-4-1-2-7-14(10)21-15/h1-7,13,15,20H,8-9,19H2. The first-order valence-electron chi connectivity index (χ1n) is 6.82. The number of hydrogen-bond acceptors (Lipinski definition) is 3. The number of rotatable bonds is 4. The summed E-state index contributed by atoms with van der Waals surface area (Å²) in [6, 6.07) is 14.4. The van der Waals surface area contributed by atoms with Crippen LogP contribution >= 0.6 is 35.0 Å². The van der Waals surface area contributed by atoms with E-state index >= 15 is 0 Å². The molecule has 5 heteroatoms. The molecule has 0 saturated carbocycles. The van der Waals surface area contributed by atoms with Crippen LogP contribution < -0.4 is 11.3 Å². The van der Waals surface area contributed by atoms with Crippen LogP contribution in [0.15, 0.2) is 47.4 Å². The third-order valence-electron chi connectivity index (χ3n) is 3.81. The lowest BCUT2D eigenvalue weighted by atomic mass is 9.99. The van der Waals surface area contributed by atoms with Gasteiger partial charge in [-0.1, -0.05) is 53.5 Å². The Morgan fingerprint density at radius 1 is 1.19 bits per heavy atom. The molecule has 110 valence electrons. The predicted molar refractivity (Wildman–Crippen MR) is 91.1 cm³/mol. The molecule has 0 fully saturated rings. The van der Waals surface area contributed by atoms with Crippen LogP contribution in [-0.2, 0) is 12.8 Å². The van der Waals surface area contributed by atoms with Gasteiger partial charge in [-0.25, -0.2) is 0 Å². The normalized spacial score (nSPS) is 18.5. The zero-order valence-electron chi connectivity index (χ0n) is 11.4. The van der Waals surface area contributed by atoms with Crippen LogP contribution in [0.3, 0.4) is 0 Å². The predicted octanol–water partition coefficient (Wildman–Crippen LogP) is 4.08. The second kappa shape index (κ2) is 6.59. The molecule has 0 bridgehead atoms. The maximum atomic E-state index is 6.28. The number of benzene rings is 2. The summed E-state index contributed by atoms with van der Waals surface area (Å²) in [6.07, 6.45) is 1.79. The van der Waals surface area contributed by atoms with Gasteiger partial charge in [0.2, 0.25) is 0 Å². The third-order valence-corrected chi connectivity index (χ3v) is 6.11. The highest BCUT2D eigenvalue weighted by Crippen LogP contribution is 2.39. The van der Waals surface area contributed by atoms with Crippen molar-refractivity contribution in [1.82, 2.24) is 5.43 Å². The van der Waals surface area contributed by atoms with E-state index in [9.17, 15) is 0 Å². The van der Waals surface area contributed by atoms with Gasteiger partial charge < -0.3 is 0 Å². The third kappa shape index (κ3) is 3.22. The van der Waals surface area contributed by atoms with Crippen molar-refractivity contribution in [3.8, 4) is 0 Å². The molecule has 1 heterocycles. The second-order valence-electron chi connectivity index (χ2n) is 5.16. The molecule has 0 spiro atoms. The molecular weight excluding hydrogens is 323 g/mol. The molecule has 2 nitrogen and oxygen atoms in total. The van der Waals surface area contributed by atoms with Crippen molar-refractivity contribution in [3.63, 3.8) is 0 Å². The molecule has 2 aromatic carbocycles. The fourth-order valence-electron chi connectivity index (χ4n) is 2.67. The molecule has 2 unspecified atom stereocenters. The molecule has 21 heavy (non-hydrogen) atoms. The quantitative estimate of drug-likeness (QED) is 0.651. The molecule has 3 N–H and O–H groups in total. The molecule has 0 aliphatic carbocycles. The van der Waals surface area contributed by atoms with Crippen LogP contribution in [0.2, 0.25) is 10.0 Å². The van der Waals surface area contributed by atoms with E-state index in [2.05, 4.69) is 29.7 Å². The summed E-state index contributed by atoms with van der Waals surface area (Å²) in [5, 5.41) is 1.62. The highest BCUT2D eigenvalue weighted by molar-refractivity contribution is 8.00. The molecule has 0 aromatic heterocycles. The van der Waals surface area contributed by atoms with Gasteiger partial charge >= 0.3 is 0 Å². The highest BCUT2D eigenvalue weighted by atomic mass is 35.5. The van der Waals surface area contributed by atoms with Gasteiger partial charge in [0, 0.05) is 16.2 Å². The topological polar surface area (TPSA) is 38.0 Å². The van der Waals surface area contributed by atoms with Crippen LogP contribution in [0.25, 0.3) is 0 Å². The molecule has 0 amide bonds. The molecule has 2 atom stereocenters. The maximum absolute atomic E-state index is 6.28. The minimum atomic E-state index is 0.151. The van der Waals surface area contributed by atoms with Crippen LogP contribution in [0.5, 0.6) is 0 Å². The number of hydrogen-bond donors (Lipinski definition) is 2. The summed E-state index contributed by atoms with van der Waals surface area (Å²) in [4.78, 5) is 1.35. The van der Waals surface area contributed by atoms with E-state index < -0.39 is 0 Å². The maximum Gasteiger partial charge on any atom is 0.0624 e. The van der Waals surface area contributed by atoms with Gasteiger partial charge in [0.25, 0.3) is 0 Å². The average molecular weight is 339 g/mol. The van der Waals surface area contributed by atoms with E-state index in [1.54, 1.807) is 6.07 Å². The van der Waals surface area contributed by atoms with E-state index in [4.69, 9.17) is 29.0 Å². The van der Waals surface area contributed by atoms with Crippen molar-refractivity contribution >= 4 is 35.0 Å². The molecule has 0 saturated heterocycles. The number of thioether (sulfide) groups is 1. The number of nitrogens with two attached hydrogens (primary N) is 1. The lowest BCUT2D eigenvalue weighted by Gasteiger charge is -2.22. The lowest BCUT2D eigenvalue weighted by molar-refractivity contribution is 0.506. The molecule has 1 aliphatic heterocycles. The minimum Gasteiger partial charge on any atom is -0.271 e. The van der Waals surface area contributed by atoms with E-state index in [0.29, 0.717) is 15.3 Å². The van der Waals surface area contributed by atoms with E-state index in [1.165, 1.54) is 10.5 Å². The van der Waals surface area contributed by atoms with Gasteiger partial charge in [0.1, 0.15) is 0 Å². The number of fused-ring (bicyclic) bond motifs is 1. The molecular formula is C16H16Cl2N2S. The monoisotopic (exact) mass is 338 g/mol. The summed E-state index contributed by atoms with van der Waals surface area (Å²) in [7, 11) is 0. The molecule has 0 radical (unpaired) electrons. The Labute approximate surface area is 139 Å². The van der Waals surface area contributed by atoms with Crippen LogP contribution in [0, 0.1) is 0 Å². The summed E-state index contributed by atoms with van der Waals surface area (Å²) in [6.45, 7) is 0. The fourth-order valence-corrected chi connectivity index (χ4v) is 4.46. The Balaban J connectivity index is 1.77. The van der Waals surface area contributed by atoms with Crippen molar-refractivity contribution in [2.24, 2.45) is 5.84 Å². The first kappa shape index (κ1) is 15.2. The number of hydrazine groups is 1. The summed E-state index contributed by atoms with van der Waals surface area (Å²) in [5.41, 5.74) is 5.38. The fraction of sp³-hybridized carbons (Fsp3) is 0.250. The average Bonchev–Trinajstić information content (AvgIpc) is 2.92. The summed E-state index contributed by atoms with van der Waals surface area (Å²) >= 11 is 14.2. The Kier molecular flexibility index (Phi) is 4.77. The van der Waals surface area contributed by atoms with Crippen molar-refractivity contribution in [2.45, 2.75) is 29.0 Å². The van der Waals surface area contributed by atoms with Gasteiger partial charge in [0.15, 0.2) is 0 Å². The highest BCUT2D eigenvalue weighted by Gasteiger charge is 2.29. The van der Waals surface area contributed by atoms with Gasteiger partial charge in [-0.05, 0) is 36.1 Å². The van der Waals surface area contributed by atoms with Gasteiger partial charge in [-0.2, -0.15) is 0 Å². The first-order chi connectivity index (χ1) is 10.2. The minimum absolute atomic E-state index is 0.151. The van der Waals surface area contributed by atoms with Crippen molar-refractivity contribution < 1.29 is 0 Å². The number of nitrogens with one attached hydrogen (secondary N) is 1. The van der Waals surface area contributed by atoms with E-state index in [1.807, 2.05) is 23.9 Å². The zero-order valence-corrected chi connectivity index (χ0v) is 13.7. The van der Waals surface area contributed by atoms with E-state index in [-0.39, 0.29) is 6.04 Å². The van der Waals surface area contributed by atoms with Gasteiger partial charge in [-0.15, -0.1) is 11.8 Å². The van der Waals surface area contributed by atoms with Crippen molar-refractivity contribution in [3.05, 3.63) is 63.6 Å². The largest absolute Gasteiger partial charge is 0.271 e. The Bertz CT molecular complexity index is 623. The molecule has 2 aromatic rings.